The zero-order valence-corrected chi connectivity index (χ0v) is 15.7. The van der Waals surface area contributed by atoms with Crippen molar-refractivity contribution in [2.45, 2.75) is 59.0 Å². The van der Waals surface area contributed by atoms with Gasteiger partial charge >= 0.3 is 0 Å². The normalized spacial score (nSPS) is 21.9. The molecule has 1 unspecified atom stereocenters. The summed E-state index contributed by atoms with van der Waals surface area (Å²) in [6.45, 7) is 8.43. The van der Waals surface area contributed by atoms with Crippen LogP contribution in [0.25, 0.3) is 0 Å². The molecule has 0 radical (unpaired) electrons. The topological polar surface area (TPSA) is 40.6 Å². The lowest BCUT2D eigenvalue weighted by molar-refractivity contribution is -0.152. The Balaban J connectivity index is 1.75. The molecule has 1 aromatic carbocycles. The molecule has 1 saturated carbocycles. The molecule has 4 nitrogen and oxygen atoms in total. The van der Waals surface area contributed by atoms with Crippen LogP contribution in [0.1, 0.15) is 52.0 Å². The Morgan fingerprint density at radius 1 is 1.24 bits per heavy atom. The van der Waals surface area contributed by atoms with Crippen molar-refractivity contribution >= 4 is 11.8 Å². The van der Waals surface area contributed by atoms with Crippen LogP contribution in [0.3, 0.4) is 0 Å². The van der Waals surface area contributed by atoms with E-state index in [4.69, 9.17) is 0 Å². The van der Waals surface area contributed by atoms with E-state index >= 15 is 0 Å². The summed E-state index contributed by atoms with van der Waals surface area (Å²) in [5, 5.41) is 0. The largest absolute Gasteiger partial charge is 0.342 e. The summed E-state index contributed by atoms with van der Waals surface area (Å²) in [6.07, 6.45) is 3.63. The van der Waals surface area contributed by atoms with E-state index < -0.39 is 5.41 Å². The third-order valence-electron chi connectivity index (χ3n) is 5.59. The van der Waals surface area contributed by atoms with Gasteiger partial charge in [0.2, 0.25) is 11.8 Å². The van der Waals surface area contributed by atoms with Gasteiger partial charge < -0.3 is 9.80 Å². The van der Waals surface area contributed by atoms with Crippen molar-refractivity contribution < 1.29 is 9.59 Å². The van der Waals surface area contributed by atoms with Crippen molar-refractivity contribution in [2.24, 2.45) is 11.3 Å². The van der Waals surface area contributed by atoms with Gasteiger partial charge in [0.05, 0.1) is 0 Å². The smallest absolute Gasteiger partial charge is 0.238 e. The molecule has 2 fully saturated rings. The molecule has 3 rings (SSSR count). The summed E-state index contributed by atoms with van der Waals surface area (Å²) < 4.78 is 0. The first kappa shape index (κ1) is 18.0. The van der Waals surface area contributed by atoms with E-state index in [1.54, 1.807) is 0 Å². The average Bonchev–Trinajstić information content (AvgIpc) is 3.41. The SMILES string of the molecule is CC1CCCN(C(=O)C2(C(=O)N(Cc3ccccc3)C(C)C)CC2)C1. The third-order valence-corrected chi connectivity index (χ3v) is 5.59. The number of benzene rings is 1. The van der Waals surface area contributed by atoms with Gasteiger partial charge in [0.1, 0.15) is 5.41 Å². The van der Waals surface area contributed by atoms with Gasteiger partial charge in [-0.25, -0.2) is 0 Å². The highest BCUT2D eigenvalue weighted by atomic mass is 16.2. The fraction of sp³-hybridized carbons (Fsp3) is 0.619. The third kappa shape index (κ3) is 3.73. The second kappa shape index (κ2) is 7.19. The number of hydrogen-bond donors (Lipinski definition) is 0. The molecule has 136 valence electrons. The highest BCUT2D eigenvalue weighted by Gasteiger charge is 2.59. The van der Waals surface area contributed by atoms with Gasteiger partial charge in [0.25, 0.3) is 0 Å². The van der Waals surface area contributed by atoms with Crippen molar-refractivity contribution in [3.05, 3.63) is 35.9 Å². The van der Waals surface area contributed by atoms with Crippen molar-refractivity contribution in [1.82, 2.24) is 9.80 Å². The maximum Gasteiger partial charge on any atom is 0.238 e. The van der Waals surface area contributed by atoms with Crippen LogP contribution in [-0.4, -0.2) is 40.7 Å². The van der Waals surface area contributed by atoms with E-state index in [2.05, 4.69) is 6.92 Å². The molecule has 1 heterocycles. The first-order valence-electron chi connectivity index (χ1n) is 9.58. The number of carbonyl (C=O) groups excluding carboxylic acids is 2. The molecule has 1 aliphatic heterocycles. The molecular formula is C21H30N2O2. The lowest BCUT2D eigenvalue weighted by atomic mass is 9.96. The predicted molar refractivity (Wildman–Crippen MR) is 98.8 cm³/mol. The molecule has 1 saturated heterocycles. The standard InChI is InChI=1S/C21H30N2O2/c1-16(2)23(15-18-9-5-4-6-10-18)20(25)21(11-12-21)19(24)22-13-7-8-17(3)14-22/h4-6,9-10,16-17H,7-8,11-15H2,1-3H3. The fourth-order valence-electron chi connectivity index (χ4n) is 3.86. The van der Waals surface area contributed by atoms with E-state index in [-0.39, 0.29) is 17.9 Å². The van der Waals surface area contributed by atoms with E-state index in [0.29, 0.717) is 25.3 Å². The summed E-state index contributed by atoms with van der Waals surface area (Å²) in [7, 11) is 0. The second-order valence-electron chi connectivity index (χ2n) is 8.09. The first-order chi connectivity index (χ1) is 11.9. The number of likely N-dealkylation sites (tertiary alicyclic amines) is 1. The van der Waals surface area contributed by atoms with E-state index in [0.717, 1.165) is 25.1 Å². The number of nitrogens with zero attached hydrogens (tertiary/aromatic N) is 2. The second-order valence-corrected chi connectivity index (χ2v) is 8.09. The molecule has 4 heteroatoms. The number of amides is 2. The lowest BCUT2D eigenvalue weighted by Gasteiger charge is -2.36. The number of carbonyl (C=O) groups is 2. The van der Waals surface area contributed by atoms with Crippen molar-refractivity contribution in [2.75, 3.05) is 13.1 Å². The Labute approximate surface area is 151 Å². The number of hydrogen-bond acceptors (Lipinski definition) is 2. The zero-order chi connectivity index (χ0) is 18.0. The monoisotopic (exact) mass is 342 g/mol. The molecule has 0 spiro atoms. The van der Waals surface area contributed by atoms with E-state index in [1.807, 2.05) is 54.0 Å². The van der Waals surface area contributed by atoms with Crippen molar-refractivity contribution in [3.63, 3.8) is 0 Å². The minimum Gasteiger partial charge on any atom is -0.342 e. The van der Waals surface area contributed by atoms with Crippen molar-refractivity contribution in [1.29, 1.82) is 0 Å². The molecule has 1 aromatic rings. The minimum absolute atomic E-state index is 0.0228. The zero-order valence-electron chi connectivity index (χ0n) is 15.7. The Kier molecular flexibility index (Phi) is 5.16. The maximum absolute atomic E-state index is 13.3. The van der Waals surface area contributed by atoms with Gasteiger partial charge in [-0.05, 0) is 51.0 Å². The molecule has 0 N–H and O–H groups in total. The Morgan fingerprint density at radius 2 is 1.92 bits per heavy atom. The van der Waals surface area contributed by atoms with Crippen LogP contribution in [0.2, 0.25) is 0 Å². The average molecular weight is 342 g/mol. The van der Waals surface area contributed by atoms with Crippen LogP contribution >= 0.6 is 0 Å². The van der Waals surface area contributed by atoms with Gasteiger partial charge in [-0.1, -0.05) is 37.3 Å². The molecule has 0 bridgehead atoms. The van der Waals surface area contributed by atoms with Crippen LogP contribution in [-0.2, 0) is 16.1 Å². The Hall–Kier alpha value is -1.84. The minimum atomic E-state index is -0.782. The van der Waals surface area contributed by atoms with Crippen LogP contribution < -0.4 is 0 Å². The van der Waals surface area contributed by atoms with Gasteiger partial charge in [-0.3, -0.25) is 9.59 Å². The molecule has 25 heavy (non-hydrogen) atoms. The summed E-state index contributed by atoms with van der Waals surface area (Å²) in [5.74, 6) is 0.631. The van der Waals surface area contributed by atoms with Gasteiger partial charge in [-0.15, -0.1) is 0 Å². The number of rotatable bonds is 5. The van der Waals surface area contributed by atoms with Crippen LogP contribution in [0, 0.1) is 11.3 Å². The summed E-state index contributed by atoms with van der Waals surface area (Å²) in [4.78, 5) is 30.3. The molecular weight excluding hydrogens is 312 g/mol. The fourth-order valence-corrected chi connectivity index (χ4v) is 3.86. The first-order valence-corrected chi connectivity index (χ1v) is 9.58. The maximum atomic E-state index is 13.3. The molecule has 2 amide bonds. The van der Waals surface area contributed by atoms with Crippen LogP contribution in [0.5, 0.6) is 0 Å². The van der Waals surface area contributed by atoms with Gasteiger partial charge in [-0.2, -0.15) is 0 Å². The molecule has 1 aliphatic carbocycles. The Bertz CT molecular complexity index is 622. The predicted octanol–water partition coefficient (Wildman–Crippen LogP) is 3.46. The lowest BCUT2D eigenvalue weighted by Crippen LogP contribution is -2.50. The van der Waals surface area contributed by atoms with E-state index in [9.17, 15) is 9.59 Å². The van der Waals surface area contributed by atoms with Gasteiger partial charge in [0, 0.05) is 25.7 Å². The quantitative estimate of drug-likeness (QED) is 0.769. The highest BCUT2D eigenvalue weighted by Crippen LogP contribution is 2.49. The number of piperidine rings is 1. The summed E-state index contributed by atoms with van der Waals surface area (Å²) in [5.41, 5.74) is 0.329. The van der Waals surface area contributed by atoms with Gasteiger partial charge in [0.15, 0.2) is 0 Å². The van der Waals surface area contributed by atoms with Crippen LogP contribution in [0.4, 0.5) is 0 Å². The summed E-state index contributed by atoms with van der Waals surface area (Å²) in [6, 6.07) is 10.1. The van der Waals surface area contributed by atoms with Crippen molar-refractivity contribution in [3.8, 4) is 0 Å². The highest BCUT2D eigenvalue weighted by molar-refractivity contribution is 6.08. The molecule has 0 aromatic heterocycles. The van der Waals surface area contributed by atoms with E-state index in [1.165, 1.54) is 6.42 Å². The molecule has 2 aliphatic rings. The summed E-state index contributed by atoms with van der Waals surface area (Å²) >= 11 is 0. The Morgan fingerprint density at radius 3 is 2.48 bits per heavy atom. The van der Waals surface area contributed by atoms with Crippen LogP contribution in [0.15, 0.2) is 30.3 Å². The molecule has 1 atom stereocenters.